The Morgan fingerprint density at radius 1 is 0.972 bits per heavy atom. The van der Waals surface area contributed by atoms with Gasteiger partial charge in [-0.05, 0) is 73.0 Å². The molecule has 3 heterocycles. The molecule has 1 amide bonds. The zero-order valence-electron chi connectivity index (χ0n) is 20.0. The first-order chi connectivity index (χ1) is 17.3. The number of aromatic nitrogens is 5. The van der Waals surface area contributed by atoms with E-state index in [0.29, 0.717) is 34.4 Å². The molecule has 0 aliphatic carbocycles. The summed E-state index contributed by atoms with van der Waals surface area (Å²) >= 11 is 0. The van der Waals surface area contributed by atoms with E-state index in [-0.39, 0.29) is 5.69 Å². The minimum Gasteiger partial charge on any atom is -0.436 e. The van der Waals surface area contributed by atoms with Gasteiger partial charge in [0.2, 0.25) is 5.95 Å². The molecule has 36 heavy (non-hydrogen) atoms. The largest absolute Gasteiger partial charge is 0.436 e. The van der Waals surface area contributed by atoms with Crippen LogP contribution in [0.5, 0.6) is 11.6 Å². The van der Waals surface area contributed by atoms with E-state index in [0.717, 1.165) is 27.9 Å². The van der Waals surface area contributed by atoms with E-state index < -0.39 is 5.91 Å². The highest BCUT2D eigenvalue weighted by molar-refractivity contribution is 5.91. The van der Waals surface area contributed by atoms with E-state index in [1.54, 1.807) is 30.7 Å². The minimum atomic E-state index is -0.561. The number of hydrogen-bond donors (Lipinski definition) is 3. The van der Waals surface area contributed by atoms with Gasteiger partial charge in [-0.3, -0.25) is 9.78 Å². The van der Waals surface area contributed by atoms with Crippen molar-refractivity contribution < 1.29 is 9.53 Å². The van der Waals surface area contributed by atoms with Crippen molar-refractivity contribution in [3.63, 3.8) is 0 Å². The molecule has 180 valence electrons. The number of amides is 1. The number of primary amides is 1. The molecule has 10 heteroatoms. The lowest BCUT2D eigenvalue weighted by molar-refractivity contribution is 0.0995. The molecule has 5 N–H and O–H groups in total. The number of nitrogen functional groups attached to an aromatic ring is 1. The maximum atomic E-state index is 11.3. The fourth-order valence-corrected chi connectivity index (χ4v) is 3.89. The number of nitrogens with two attached hydrogens (primary N) is 2. The van der Waals surface area contributed by atoms with Crippen LogP contribution in [0.1, 0.15) is 21.6 Å². The highest BCUT2D eigenvalue weighted by atomic mass is 16.5. The van der Waals surface area contributed by atoms with Crippen molar-refractivity contribution in [1.82, 2.24) is 24.5 Å². The van der Waals surface area contributed by atoms with Crippen LogP contribution in [0.2, 0.25) is 0 Å². The van der Waals surface area contributed by atoms with Crippen LogP contribution in [0.15, 0.2) is 61.1 Å². The molecular formula is C26H24N8O2. The predicted octanol–water partition coefficient (Wildman–Crippen LogP) is 4.26. The van der Waals surface area contributed by atoms with Gasteiger partial charge in [0.1, 0.15) is 11.4 Å². The van der Waals surface area contributed by atoms with Gasteiger partial charge in [-0.2, -0.15) is 9.97 Å². The normalized spacial score (nSPS) is 11.0. The Morgan fingerprint density at radius 2 is 1.69 bits per heavy atom. The standard InChI is InChI=1S/C26H24N8O2/c1-14-10-17(16-4-9-20(23(28)35)29-12-16)11-15(2)22(14)36-25-21-24(34(3)13-30-21)32-26(33-25)31-19-7-5-18(27)6-8-19/h4-13H,27H2,1-3H3,(H2,28,35)(H,31,32,33). The van der Waals surface area contributed by atoms with Crippen LogP contribution in [-0.4, -0.2) is 30.4 Å². The lowest BCUT2D eigenvalue weighted by atomic mass is 10.0. The highest BCUT2D eigenvalue weighted by Gasteiger charge is 2.17. The van der Waals surface area contributed by atoms with Gasteiger partial charge < -0.3 is 26.1 Å². The second-order valence-electron chi connectivity index (χ2n) is 8.46. The van der Waals surface area contributed by atoms with Crippen molar-refractivity contribution >= 4 is 34.4 Å². The van der Waals surface area contributed by atoms with E-state index in [4.69, 9.17) is 16.2 Å². The Kier molecular flexibility index (Phi) is 5.69. The number of rotatable bonds is 6. The molecule has 0 bridgehead atoms. The monoisotopic (exact) mass is 480 g/mol. The molecule has 5 rings (SSSR count). The van der Waals surface area contributed by atoms with E-state index in [1.807, 2.05) is 55.8 Å². The topological polar surface area (TPSA) is 147 Å². The summed E-state index contributed by atoms with van der Waals surface area (Å²) in [6.45, 7) is 3.92. The van der Waals surface area contributed by atoms with Gasteiger partial charge in [-0.15, -0.1) is 0 Å². The van der Waals surface area contributed by atoms with Gasteiger partial charge in [0.25, 0.3) is 11.8 Å². The van der Waals surface area contributed by atoms with E-state index in [2.05, 4.69) is 25.3 Å². The molecule has 0 aliphatic rings. The third-order valence-electron chi connectivity index (χ3n) is 5.70. The Balaban J connectivity index is 1.50. The minimum absolute atomic E-state index is 0.221. The number of aryl methyl sites for hydroxylation is 3. The fraction of sp³-hybridized carbons (Fsp3) is 0.115. The lowest BCUT2D eigenvalue weighted by Crippen LogP contribution is -2.12. The number of hydrogen-bond acceptors (Lipinski definition) is 8. The Labute approximate surface area is 207 Å². The Hall–Kier alpha value is -4.99. The first kappa shape index (κ1) is 22.8. The third-order valence-corrected chi connectivity index (χ3v) is 5.70. The number of nitrogens with zero attached hydrogens (tertiary/aromatic N) is 5. The molecule has 0 saturated carbocycles. The SMILES string of the molecule is Cc1cc(-c2ccc(C(N)=O)nc2)cc(C)c1Oc1nc(Nc2ccc(N)cc2)nc2c1ncn2C. The van der Waals surface area contributed by atoms with Crippen LogP contribution < -0.4 is 21.5 Å². The van der Waals surface area contributed by atoms with Crippen molar-refractivity contribution in [3.05, 3.63) is 77.9 Å². The number of benzene rings is 2. The molecule has 0 aliphatic heterocycles. The molecule has 10 nitrogen and oxygen atoms in total. The number of pyridine rings is 1. The van der Waals surface area contributed by atoms with Crippen LogP contribution in [0.3, 0.4) is 0 Å². The smallest absolute Gasteiger partial charge is 0.267 e. The third kappa shape index (κ3) is 4.39. The van der Waals surface area contributed by atoms with Crippen LogP contribution in [0.25, 0.3) is 22.3 Å². The number of fused-ring (bicyclic) bond motifs is 1. The summed E-state index contributed by atoms with van der Waals surface area (Å²) in [7, 11) is 1.86. The van der Waals surface area contributed by atoms with Crippen molar-refractivity contribution in [2.24, 2.45) is 12.8 Å². The lowest BCUT2D eigenvalue weighted by Gasteiger charge is -2.15. The van der Waals surface area contributed by atoms with Crippen molar-refractivity contribution in [3.8, 4) is 22.8 Å². The van der Waals surface area contributed by atoms with Gasteiger partial charge in [0.15, 0.2) is 11.2 Å². The van der Waals surface area contributed by atoms with Crippen molar-refractivity contribution in [2.75, 3.05) is 11.1 Å². The van der Waals surface area contributed by atoms with Crippen LogP contribution in [0.4, 0.5) is 17.3 Å². The molecule has 0 atom stereocenters. The molecule has 2 aromatic carbocycles. The number of carbonyl (C=O) groups excluding carboxylic acids is 1. The zero-order chi connectivity index (χ0) is 25.4. The Bertz CT molecular complexity index is 1570. The molecule has 5 aromatic rings. The number of imidazole rings is 1. The number of nitrogens with one attached hydrogen (secondary N) is 1. The highest BCUT2D eigenvalue weighted by Crippen LogP contribution is 2.35. The van der Waals surface area contributed by atoms with E-state index >= 15 is 0 Å². The average molecular weight is 481 g/mol. The number of ether oxygens (including phenoxy) is 1. The fourth-order valence-electron chi connectivity index (χ4n) is 3.89. The van der Waals surface area contributed by atoms with Crippen LogP contribution in [0, 0.1) is 13.8 Å². The van der Waals surface area contributed by atoms with Crippen LogP contribution in [-0.2, 0) is 7.05 Å². The second kappa shape index (κ2) is 8.99. The van der Waals surface area contributed by atoms with Crippen LogP contribution >= 0.6 is 0 Å². The first-order valence-electron chi connectivity index (χ1n) is 11.2. The zero-order valence-corrected chi connectivity index (χ0v) is 20.0. The summed E-state index contributed by atoms with van der Waals surface area (Å²) in [6, 6.07) is 14.7. The van der Waals surface area contributed by atoms with E-state index in [1.165, 1.54) is 0 Å². The number of anilines is 3. The van der Waals surface area contributed by atoms with Gasteiger partial charge in [0, 0.05) is 30.2 Å². The van der Waals surface area contributed by atoms with Crippen molar-refractivity contribution in [2.45, 2.75) is 13.8 Å². The summed E-state index contributed by atoms with van der Waals surface area (Å²) in [6.07, 6.45) is 3.30. The first-order valence-corrected chi connectivity index (χ1v) is 11.2. The van der Waals surface area contributed by atoms with Crippen molar-refractivity contribution in [1.29, 1.82) is 0 Å². The van der Waals surface area contributed by atoms with E-state index in [9.17, 15) is 4.79 Å². The maximum Gasteiger partial charge on any atom is 0.267 e. The quantitative estimate of drug-likeness (QED) is 0.306. The number of carbonyl (C=O) groups is 1. The Morgan fingerprint density at radius 3 is 2.33 bits per heavy atom. The molecule has 0 unspecified atom stereocenters. The average Bonchev–Trinajstić information content (AvgIpc) is 3.23. The molecular weight excluding hydrogens is 456 g/mol. The van der Waals surface area contributed by atoms with Gasteiger partial charge in [0.05, 0.1) is 6.33 Å². The van der Waals surface area contributed by atoms with Gasteiger partial charge >= 0.3 is 0 Å². The molecule has 0 radical (unpaired) electrons. The summed E-state index contributed by atoms with van der Waals surface area (Å²) in [4.78, 5) is 29.1. The summed E-state index contributed by atoms with van der Waals surface area (Å²) in [5, 5.41) is 3.20. The molecule has 0 saturated heterocycles. The van der Waals surface area contributed by atoms with Gasteiger partial charge in [-0.1, -0.05) is 6.07 Å². The molecule has 0 fully saturated rings. The maximum absolute atomic E-state index is 11.3. The van der Waals surface area contributed by atoms with Gasteiger partial charge in [-0.25, -0.2) is 4.98 Å². The summed E-state index contributed by atoms with van der Waals surface area (Å²) < 4.78 is 8.15. The summed E-state index contributed by atoms with van der Waals surface area (Å²) in [5.74, 6) is 0.821. The predicted molar refractivity (Wildman–Crippen MR) is 138 cm³/mol. The summed E-state index contributed by atoms with van der Waals surface area (Å²) in [5.41, 5.74) is 17.6. The second-order valence-corrected chi connectivity index (χ2v) is 8.46. The molecule has 0 spiro atoms. The molecule has 3 aromatic heterocycles.